The van der Waals surface area contributed by atoms with Crippen molar-refractivity contribution in [3.8, 4) is 0 Å². The normalized spacial score (nSPS) is 12.4. The zero-order valence-corrected chi connectivity index (χ0v) is 11.6. The summed E-state index contributed by atoms with van der Waals surface area (Å²) in [6.07, 6.45) is 0. The highest BCUT2D eigenvalue weighted by atomic mass is 32.2. The van der Waals surface area contributed by atoms with Crippen LogP contribution < -0.4 is 0 Å². The summed E-state index contributed by atoms with van der Waals surface area (Å²) in [6, 6.07) is 13.9. The average Bonchev–Trinajstić information content (AvgIpc) is 2.43. The molecule has 2 aromatic carbocycles. The van der Waals surface area contributed by atoms with E-state index in [0.717, 1.165) is 9.79 Å². The molecule has 1 heterocycles. The van der Waals surface area contributed by atoms with E-state index in [1.807, 2.05) is 30.3 Å². The minimum Gasteiger partial charge on any atom is -0.478 e. The largest absolute Gasteiger partial charge is 0.478 e. The molecule has 2 aromatic rings. The summed E-state index contributed by atoms with van der Waals surface area (Å²) in [5, 5.41) is 8.99. The van der Waals surface area contributed by atoms with E-state index < -0.39 is 5.97 Å². The summed E-state index contributed by atoms with van der Waals surface area (Å²) >= 11 is 3.38. The number of hydrogen-bond acceptors (Lipinski definition) is 3. The zero-order valence-electron chi connectivity index (χ0n) is 9.92. The quantitative estimate of drug-likeness (QED) is 0.708. The third-order valence-corrected chi connectivity index (χ3v) is 5.38. The molecular weight excluding hydrogens is 276 g/mol. The fraction of sp³-hybridized carbons (Fsp3) is 0. The predicted octanol–water partition coefficient (Wildman–Crippen LogP) is 4.40. The van der Waals surface area contributed by atoms with Crippen LogP contribution in [0.4, 0.5) is 0 Å². The minimum absolute atomic E-state index is 0.132. The smallest absolute Gasteiger partial charge is 0.335 e. The van der Waals surface area contributed by atoms with E-state index in [-0.39, 0.29) is 5.57 Å². The molecule has 0 spiro atoms. The van der Waals surface area contributed by atoms with Crippen molar-refractivity contribution >= 4 is 35.1 Å². The molecule has 0 saturated carbocycles. The first kappa shape index (κ1) is 12.4. The Balaban J connectivity index is 2.01. The third-order valence-electron chi connectivity index (χ3n) is 2.84. The van der Waals surface area contributed by atoms with Crippen LogP contribution in [0, 0.1) is 0 Å². The van der Waals surface area contributed by atoms with Gasteiger partial charge in [0.2, 0.25) is 0 Å². The van der Waals surface area contributed by atoms with Gasteiger partial charge < -0.3 is 5.11 Å². The fourth-order valence-electron chi connectivity index (χ4n) is 1.84. The highest BCUT2D eigenvalue weighted by Crippen LogP contribution is 2.48. The molecule has 1 aliphatic rings. The summed E-state index contributed by atoms with van der Waals surface area (Å²) in [5.74, 6) is -0.978. The first-order valence-corrected chi connectivity index (χ1v) is 7.30. The van der Waals surface area contributed by atoms with Crippen LogP contribution in [0.2, 0.25) is 0 Å². The number of benzene rings is 2. The van der Waals surface area contributed by atoms with Gasteiger partial charge in [0, 0.05) is 19.6 Å². The summed E-state index contributed by atoms with van der Waals surface area (Å²) < 4.78 is 0. The summed E-state index contributed by atoms with van der Waals surface area (Å²) in [6.45, 7) is 3.60. The Labute approximate surface area is 119 Å². The molecule has 4 heteroatoms. The lowest BCUT2D eigenvalue weighted by Crippen LogP contribution is -1.99. The van der Waals surface area contributed by atoms with Crippen molar-refractivity contribution < 1.29 is 9.90 Å². The molecule has 3 rings (SSSR count). The lowest BCUT2D eigenvalue weighted by molar-refractivity contribution is -0.130. The molecule has 0 atom stereocenters. The number of fused-ring (bicyclic) bond motifs is 2. The topological polar surface area (TPSA) is 37.3 Å². The summed E-state index contributed by atoms with van der Waals surface area (Å²) in [5.41, 5.74) is 0.797. The molecule has 0 radical (unpaired) electrons. The van der Waals surface area contributed by atoms with E-state index in [4.69, 9.17) is 5.11 Å². The van der Waals surface area contributed by atoms with Crippen molar-refractivity contribution in [3.63, 3.8) is 0 Å². The van der Waals surface area contributed by atoms with Gasteiger partial charge in [0.25, 0.3) is 0 Å². The van der Waals surface area contributed by atoms with Gasteiger partial charge in [-0.05, 0) is 29.8 Å². The average molecular weight is 286 g/mol. The van der Waals surface area contributed by atoms with Gasteiger partial charge in [0.15, 0.2) is 0 Å². The van der Waals surface area contributed by atoms with Gasteiger partial charge in [-0.2, -0.15) is 0 Å². The van der Waals surface area contributed by atoms with Crippen LogP contribution in [0.15, 0.2) is 68.6 Å². The van der Waals surface area contributed by atoms with Crippen LogP contribution in [-0.2, 0) is 4.79 Å². The Morgan fingerprint density at radius 1 is 0.947 bits per heavy atom. The van der Waals surface area contributed by atoms with Crippen molar-refractivity contribution in [3.05, 3.63) is 54.6 Å². The number of hydrogen-bond donors (Lipinski definition) is 1. The Kier molecular flexibility index (Phi) is 3.12. The highest BCUT2D eigenvalue weighted by Gasteiger charge is 2.18. The Bertz CT molecular complexity index is 692. The van der Waals surface area contributed by atoms with Gasteiger partial charge in [0.1, 0.15) is 0 Å². The number of carbonyl (C=O) groups is 1. The van der Waals surface area contributed by atoms with E-state index in [2.05, 4.69) is 18.7 Å². The first-order valence-electron chi connectivity index (χ1n) is 5.66. The molecule has 94 valence electrons. The second-order valence-electron chi connectivity index (χ2n) is 4.10. The van der Waals surface area contributed by atoms with Crippen molar-refractivity contribution in [2.75, 3.05) is 0 Å². The molecule has 0 bridgehead atoms. The molecule has 0 unspecified atom stereocenters. The Morgan fingerprint density at radius 3 is 2.16 bits per heavy atom. The van der Waals surface area contributed by atoms with Crippen molar-refractivity contribution in [2.45, 2.75) is 19.6 Å². The van der Waals surface area contributed by atoms with Crippen molar-refractivity contribution in [2.24, 2.45) is 0 Å². The van der Waals surface area contributed by atoms with Crippen LogP contribution in [0.3, 0.4) is 0 Å². The van der Waals surface area contributed by atoms with E-state index in [1.165, 1.54) is 9.79 Å². The zero-order chi connectivity index (χ0) is 13.4. The summed E-state index contributed by atoms with van der Waals surface area (Å²) in [4.78, 5) is 15.6. The third kappa shape index (κ3) is 2.29. The molecule has 0 amide bonds. The van der Waals surface area contributed by atoms with Crippen molar-refractivity contribution in [1.82, 2.24) is 0 Å². The molecule has 19 heavy (non-hydrogen) atoms. The maximum absolute atomic E-state index is 11.0. The lowest BCUT2D eigenvalue weighted by Gasteiger charge is -2.18. The van der Waals surface area contributed by atoms with Gasteiger partial charge >= 0.3 is 5.97 Å². The van der Waals surface area contributed by atoms with Crippen molar-refractivity contribution in [1.29, 1.82) is 0 Å². The van der Waals surface area contributed by atoms with Crippen LogP contribution in [-0.4, -0.2) is 11.1 Å². The Hall–Kier alpha value is -1.65. The predicted molar refractivity (Wildman–Crippen MR) is 77.8 cm³/mol. The second-order valence-corrected chi connectivity index (χ2v) is 6.26. The van der Waals surface area contributed by atoms with Crippen LogP contribution in [0.5, 0.6) is 0 Å². The summed E-state index contributed by atoms with van der Waals surface area (Å²) in [7, 11) is 0. The monoisotopic (exact) mass is 286 g/mol. The maximum atomic E-state index is 11.0. The highest BCUT2D eigenvalue weighted by molar-refractivity contribution is 8.05. The number of rotatable bonds is 2. The van der Waals surface area contributed by atoms with Gasteiger partial charge in [-0.3, -0.25) is 0 Å². The van der Waals surface area contributed by atoms with Crippen LogP contribution in [0.1, 0.15) is 5.56 Å². The first-order chi connectivity index (χ1) is 9.15. The van der Waals surface area contributed by atoms with Gasteiger partial charge in [0.05, 0.1) is 5.57 Å². The molecule has 1 aliphatic heterocycles. The fourth-order valence-corrected chi connectivity index (χ4v) is 4.09. The SMILES string of the molecule is C=C(C(=O)O)c1ccc2c(c1)Sc1ccccc1S2. The number of carboxylic acids is 1. The van der Waals surface area contributed by atoms with E-state index in [0.29, 0.717) is 5.56 Å². The standard InChI is InChI=1S/C15H10O2S2/c1-9(15(16)17)10-6-7-13-14(8-10)19-12-5-3-2-4-11(12)18-13/h2-8H,1H2,(H,16,17). The molecule has 0 aromatic heterocycles. The van der Waals surface area contributed by atoms with E-state index >= 15 is 0 Å². The minimum atomic E-state index is -0.978. The molecule has 0 fully saturated rings. The molecule has 1 N–H and O–H groups in total. The van der Waals surface area contributed by atoms with Gasteiger partial charge in [-0.15, -0.1) is 0 Å². The second kappa shape index (κ2) is 4.79. The molecule has 2 nitrogen and oxygen atoms in total. The van der Waals surface area contributed by atoms with Crippen LogP contribution >= 0.6 is 23.5 Å². The molecular formula is C15H10O2S2. The Morgan fingerprint density at radius 2 is 1.53 bits per heavy atom. The van der Waals surface area contributed by atoms with E-state index in [1.54, 1.807) is 23.5 Å². The maximum Gasteiger partial charge on any atom is 0.335 e. The molecule has 0 aliphatic carbocycles. The van der Waals surface area contributed by atoms with Gasteiger partial charge in [-0.25, -0.2) is 4.79 Å². The number of carboxylic acid groups (broad SMARTS) is 1. The number of aliphatic carboxylic acids is 1. The van der Waals surface area contributed by atoms with Gasteiger partial charge in [-0.1, -0.05) is 48.3 Å². The van der Waals surface area contributed by atoms with Crippen LogP contribution in [0.25, 0.3) is 5.57 Å². The van der Waals surface area contributed by atoms with E-state index in [9.17, 15) is 4.79 Å². The molecule has 0 saturated heterocycles. The lowest BCUT2D eigenvalue weighted by atomic mass is 10.1.